The van der Waals surface area contributed by atoms with Crippen LogP contribution in [0.1, 0.15) is 16.7 Å². The van der Waals surface area contributed by atoms with Crippen molar-refractivity contribution in [3.05, 3.63) is 83.4 Å². The summed E-state index contributed by atoms with van der Waals surface area (Å²) in [5.41, 5.74) is 2.70. The van der Waals surface area contributed by atoms with Gasteiger partial charge in [-0.3, -0.25) is 24.5 Å². The van der Waals surface area contributed by atoms with Gasteiger partial charge >= 0.3 is 0 Å². The number of benzene rings is 3. The van der Waals surface area contributed by atoms with Crippen LogP contribution < -0.4 is 19.5 Å². The van der Waals surface area contributed by atoms with Crippen LogP contribution in [-0.2, 0) is 20.8 Å². The summed E-state index contributed by atoms with van der Waals surface area (Å²) in [7, 11) is 6.09. The molecule has 1 aliphatic rings. The molecule has 202 valence electrons. The normalized spacial score (nSPS) is 15.1. The van der Waals surface area contributed by atoms with Crippen molar-refractivity contribution in [2.45, 2.75) is 11.7 Å². The number of carbonyl (C=O) groups is 3. The summed E-state index contributed by atoms with van der Waals surface area (Å²) in [6, 6.07) is 19.8. The Balaban J connectivity index is 1.53. The molecule has 4 rings (SSSR count). The topological polar surface area (TPSA) is 103 Å². The van der Waals surface area contributed by atoms with Gasteiger partial charge in [-0.25, -0.2) is 5.06 Å². The molecular weight excluding hydrogens is 520 g/mol. The third-order valence-electron chi connectivity index (χ3n) is 5.99. The van der Waals surface area contributed by atoms with Crippen molar-refractivity contribution in [2.75, 3.05) is 28.4 Å². The minimum atomic E-state index is -0.419. The molecule has 0 spiro atoms. The molecule has 3 amide bonds. The Morgan fingerprint density at radius 3 is 2.00 bits per heavy atom. The first-order valence-corrected chi connectivity index (χ1v) is 12.8. The van der Waals surface area contributed by atoms with E-state index in [0.717, 1.165) is 28.0 Å². The first-order valence-electron chi connectivity index (χ1n) is 11.9. The summed E-state index contributed by atoms with van der Waals surface area (Å²) in [5.74, 6) is 1.79. The molecule has 1 heterocycles. The molecule has 1 fully saturated rings. The van der Waals surface area contributed by atoms with E-state index < -0.39 is 5.25 Å². The summed E-state index contributed by atoms with van der Waals surface area (Å²) in [5, 5.41) is 2.72. The molecule has 1 saturated heterocycles. The van der Waals surface area contributed by atoms with E-state index in [1.807, 2.05) is 12.1 Å². The van der Waals surface area contributed by atoms with Gasteiger partial charge in [0, 0.05) is 18.7 Å². The summed E-state index contributed by atoms with van der Waals surface area (Å²) >= 11 is 1.01. The molecule has 3 aromatic carbocycles. The zero-order chi connectivity index (χ0) is 27.9. The molecule has 0 radical (unpaired) electrons. The van der Waals surface area contributed by atoms with Crippen LogP contribution in [-0.4, -0.2) is 55.7 Å². The number of methoxy groups -OCH3 is 2. The van der Waals surface area contributed by atoms with Crippen molar-refractivity contribution in [3.8, 4) is 23.0 Å². The lowest BCUT2D eigenvalue weighted by Gasteiger charge is -2.17. The van der Waals surface area contributed by atoms with Gasteiger partial charge in [-0.2, -0.15) is 0 Å². The van der Waals surface area contributed by atoms with Crippen molar-refractivity contribution in [1.29, 1.82) is 0 Å². The van der Waals surface area contributed by atoms with Gasteiger partial charge in [-0.05, 0) is 65.6 Å². The molecule has 39 heavy (non-hydrogen) atoms. The van der Waals surface area contributed by atoms with Crippen LogP contribution in [0.2, 0.25) is 0 Å². The Morgan fingerprint density at radius 2 is 1.49 bits per heavy atom. The molecule has 1 aliphatic heterocycles. The highest BCUT2D eigenvalue weighted by atomic mass is 32.2. The number of rotatable bonds is 10. The molecule has 0 aliphatic carbocycles. The molecule has 3 aromatic rings. The van der Waals surface area contributed by atoms with Crippen LogP contribution in [0.25, 0.3) is 11.6 Å². The van der Waals surface area contributed by atoms with E-state index in [0.29, 0.717) is 40.6 Å². The third-order valence-corrected chi connectivity index (χ3v) is 6.97. The molecular formula is C29H28N2O7S. The van der Waals surface area contributed by atoms with Gasteiger partial charge in [0.2, 0.25) is 5.91 Å². The fourth-order valence-corrected chi connectivity index (χ4v) is 4.73. The maximum atomic E-state index is 13.2. The number of carbonyl (C=O) groups excluding carboxylic acids is 3. The summed E-state index contributed by atoms with van der Waals surface area (Å²) in [6.45, 7) is 0. The van der Waals surface area contributed by atoms with Crippen LogP contribution in [0.15, 0.2) is 66.7 Å². The number of ether oxygens (including phenoxy) is 3. The minimum Gasteiger partial charge on any atom is -0.497 e. The van der Waals surface area contributed by atoms with Crippen molar-refractivity contribution in [3.63, 3.8) is 0 Å². The number of likely N-dealkylation sites (N-methyl/N-ethyl adjacent to an activating group) is 1. The first-order chi connectivity index (χ1) is 18.8. The lowest BCUT2D eigenvalue weighted by Crippen LogP contribution is -2.26. The number of thioether (sulfide) groups is 1. The van der Waals surface area contributed by atoms with E-state index >= 15 is 0 Å². The number of nitrogens with one attached hydrogen (secondary N) is 1. The smallest absolute Gasteiger partial charge is 0.286 e. The number of hydroxylamine groups is 2. The fraction of sp³-hybridized carbons (Fsp3) is 0.207. The van der Waals surface area contributed by atoms with E-state index in [-0.39, 0.29) is 17.1 Å². The Morgan fingerprint density at radius 1 is 0.897 bits per heavy atom. The summed E-state index contributed by atoms with van der Waals surface area (Å²) < 4.78 is 16.7. The average Bonchev–Trinajstić information content (AvgIpc) is 3.27. The predicted molar refractivity (Wildman–Crippen MR) is 149 cm³/mol. The van der Waals surface area contributed by atoms with E-state index in [9.17, 15) is 14.4 Å². The van der Waals surface area contributed by atoms with Gasteiger partial charge in [-0.1, -0.05) is 36.0 Å². The second kappa shape index (κ2) is 12.5. The average molecular weight is 549 g/mol. The monoisotopic (exact) mass is 548 g/mol. The number of imide groups is 1. The van der Waals surface area contributed by atoms with E-state index in [1.54, 1.807) is 81.9 Å². The highest BCUT2D eigenvalue weighted by Gasteiger charge is 2.31. The zero-order valence-electron chi connectivity index (χ0n) is 21.9. The molecule has 0 bridgehead atoms. The number of nitrogens with zero attached hydrogens (tertiary/aromatic N) is 1. The predicted octanol–water partition coefficient (Wildman–Crippen LogP) is 4.95. The van der Waals surface area contributed by atoms with Crippen LogP contribution in [0, 0.1) is 0 Å². The Kier molecular flexibility index (Phi) is 8.90. The van der Waals surface area contributed by atoms with Crippen LogP contribution in [0.4, 0.5) is 4.79 Å². The quantitative estimate of drug-likeness (QED) is 0.216. The number of hydrogen-bond acceptors (Lipinski definition) is 8. The Bertz CT molecular complexity index is 1370. The molecule has 0 saturated carbocycles. The minimum absolute atomic E-state index is 0.264. The van der Waals surface area contributed by atoms with Crippen molar-refractivity contribution in [2.24, 2.45) is 0 Å². The second-order valence-electron chi connectivity index (χ2n) is 8.55. The standard InChI is InChI=1S/C29H28N2O7S/c1-31(37-4)28(33)25(15-19-13-23(35-2)17-24(14-19)36-3)20-7-11-22(12-8-20)38-21-9-5-18(6-10-21)16-26-27(32)30-29(34)39-26/h5-15,17,26H,16H2,1-4H3,(H,30,32,34). The molecule has 0 aromatic heterocycles. The van der Waals surface area contributed by atoms with Crippen molar-refractivity contribution >= 4 is 40.5 Å². The van der Waals surface area contributed by atoms with E-state index in [1.165, 1.54) is 7.11 Å². The lowest BCUT2D eigenvalue weighted by molar-refractivity contribution is -0.161. The SMILES string of the molecule is COc1cc(C=C(C(=O)N(C)OC)c2ccc(Oc3ccc(CC4SC(=O)NC4=O)cc3)cc2)cc(OC)c1. The van der Waals surface area contributed by atoms with Gasteiger partial charge in [0.05, 0.1) is 26.6 Å². The van der Waals surface area contributed by atoms with Gasteiger partial charge < -0.3 is 14.2 Å². The second-order valence-corrected chi connectivity index (χ2v) is 9.72. The highest BCUT2D eigenvalue weighted by Crippen LogP contribution is 2.30. The molecule has 10 heteroatoms. The van der Waals surface area contributed by atoms with Crippen LogP contribution in [0.5, 0.6) is 23.0 Å². The lowest BCUT2D eigenvalue weighted by atomic mass is 10.0. The Labute approximate surface area is 230 Å². The van der Waals surface area contributed by atoms with Crippen molar-refractivity contribution < 1.29 is 33.4 Å². The number of amides is 3. The van der Waals surface area contributed by atoms with Gasteiger partial charge in [0.1, 0.15) is 23.0 Å². The van der Waals surface area contributed by atoms with E-state index in [2.05, 4.69) is 5.32 Å². The van der Waals surface area contributed by atoms with Gasteiger partial charge in [0.25, 0.3) is 11.1 Å². The fourth-order valence-electron chi connectivity index (χ4n) is 3.87. The highest BCUT2D eigenvalue weighted by molar-refractivity contribution is 8.15. The maximum absolute atomic E-state index is 13.2. The van der Waals surface area contributed by atoms with Gasteiger partial charge in [0.15, 0.2) is 0 Å². The van der Waals surface area contributed by atoms with Gasteiger partial charge in [-0.15, -0.1) is 0 Å². The molecule has 1 N–H and O–H groups in total. The largest absolute Gasteiger partial charge is 0.497 e. The molecule has 1 atom stereocenters. The zero-order valence-corrected chi connectivity index (χ0v) is 22.7. The third kappa shape index (κ3) is 6.98. The van der Waals surface area contributed by atoms with Crippen LogP contribution in [0.3, 0.4) is 0 Å². The summed E-state index contributed by atoms with van der Waals surface area (Å²) in [4.78, 5) is 41.5. The maximum Gasteiger partial charge on any atom is 0.286 e. The van der Waals surface area contributed by atoms with E-state index in [4.69, 9.17) is 19.0 Å². The summed E-state index contributed by atoms with van der Waals surface area (Å²) in [6.07, 6.45) is 2.20. The van der Waals surface area contributed by atoms with Crippen LogP contribution >= 0.6 is 11.8 Å². The molecule has 1 unspecified atom stereocenters. The Hall–Kier alpha value is -4.28. The molecule has 9 nitrogen and oxygen atoms in total. The van der Waals surface area contributed by atoms with Crippen molar-refractivity contribution in [1.82, 2.24) is 10.4 Å². The number of hydrogen-bond donors (Lipinski definition) is 1. The first kappa shape index (κ1) is 27.7.